The van der Waals surface area contributed by atoms with Crippen molar-refractivity contribution in [1.82, 2.24) is 0 Å². The Morgan fingerprint density at radius 1 is 1.58 bits per heavy atom. The fraction of sp³-hybridized carbons (Fsp3) is 0.667. The monoisotopic (exact) mass is 234 g/mol. The number of ether oxygens (including phenoxy) is 1. The lowest BCUT2D eigenvalue weighted by Gasteiger charge is -2.00. The number of hydrogen-bond donors (Lipinski definition) is 0. The van der Waals surface area contributed by atoms with E-state index < -0.39 is 0 Å². The highest BCUT2D eigenvalue weighted by Gasteiger charge is 1.97. The lowest BCUT2D eigenvalue weighted by molar-refractivity contribution is -0.142. The number of carbonyl (C=O) groups excluding carboxylic acids is 1. The minimum Gasteiger partial charge on any atom is -0.461 e. The molecule has 0 amide bonds. The van der Waals surface area contributed by atoms with Crippen molar-refractivity contribution in [2.75, 3.05) is 11.9 Å². The Morgan fingerprint density at radius 3 is 2.75 bits per heavy atom. The highest BCUT2D eigenvalue weighted by Crippen LogP contribution is 1.98. The molecule has 0 N–H and O–H groups in total. The van der Waals surface area contributed by atoms with Gasteiger partial charge < -0.3 is 4.74 Å². The van der Waals surface area contributed by atoms with Crippen molar-refractivity contribution in [1.29, 1.82) is 0 Å². The Labute approximate surface area is 82.1 Å². The van der Waals surface area contributed by atoms with Crippen molar-refractivity contribution in [2.45, 2.75) is 26.7 Å². The zero-order valence-corrected chi connectivity index (χ0v) is 9.19. The molecular formula is C9H15BrO2. The first-order valence-electron chi connectivity index (χ1n) is 4.08. The van der Waals surface area contributed by atoms with Crippen molar-refractivity contribution in [3.63, 3.8) is 0 Å². The van der Waals surface area contributed by atoms with Gasteiger partial charge in [0.1, 0.15) is 6.61 Å². The molecule has 0 heterocycles. The molecule has 0 rings (SSSR count). The van der Waals surface area contributed by atoms with E-state index in [0.29, 0.717) is 13.0 Å². The summed E-state index contributed by atoms with van der Waals surface area (Å²) in [5, 5.41) is 0.832. The number of allylic oxidation sites excluding steroid dienone is 1. The van der Waals surface area contributed by atoms with E-state index in [4.69, 9.17) is 4.74 Å². The van der Waals surface area contributed by atoms with Crippen LogP contribution in [0, 0.1) is 0 Å². The molecule has 0 aliphatic heterocycles. The minimum atomic E-state index is -0.115. The highest BCUT2D eigenvalue weighted by atomic mass is 79.9. The number of halogens is 1. The maximum absolute atomic E-state index is 10.8. The second-order valence-corrected chi connectivity index (χ2v) is 3.18. The lowest BCUT2D eigenvalue weighted by atomic mass is 10.3. The minimum absolute atomic E-state index is 0.115. The molecule has 3 heteroatoms. The van der Waals surface area contributed by atoms with E-state index in [-0.39, 0.29) is 5.97 Å². The van der Waals surface area contributed by atoms with Gasteiger partial charge in [0, 0.05) is 11.8 Å². The molecule has 0 aromatic carbocycles. The molecule has 0 fully saturated rings. The van der Waals surface area contributed by atoms with Crippen LogP contribution < -0.4 is 0 Å². The van der Waals surface area contributed by atoms with Gasteiger partial charge in [0.25, 0.3) is 0 Å². The van der Waals surface area contributed by atoms with Gasteiger partial charge in [-0.2, -0.15) is 0 Å². The van der Waals surface area contributed by atoms with E-state index >= 15 is 0 Å². The average Bonchev–Trinajstić information content (AvgIpc) is 2.04. The number of esters is 1. The lowest BCUT2D eigenvalue weighted by Crippen LogP contribution is -2.03. The number of rotatable bonds is 5. The molecule has 0 aliphatic rings. The Balaban J connectivity index is 3.48. The number of hydrogen-bond acceptors (Lipinski definition) is 2. The summed E-state index contributed by atoms with van der Waals surface area (Å²) in [6.45, 7) is 4.35. The Morgan fingerprint density at radius 2 is 2.25 bits per heavy atom. The molecule has 0 aromatic heterocycles. The fourth-order valence-corrected chi connectivity index (χ4v) is 0.837. The van der Waals surface area contributed by atoms with Gasteiger partial charge in [-0.3, -0.25) is 4.79 Å². The van der Waals surface area contributed by atoms with Gasteiger partial charge in [0.2, 0.25) is 0 Å². The second-order valence-electron chi connectivity index (χ2n) is 2.62. The summed E-state index contributed by atoms with van der Waals surface area (Å²) in [6, 6.07) is 0. The number of alkyl halides is 1. The normalized spacial score (nSPS) is 11.4. The van der Waals surface area contributed by atoms with Crippen LogP contribution in [-0.2, 0) is 9.53 Å². The molecule has 0 saturated carbocycles. The van der Waals surface area contributed by atoms with Crippen molar-refractivity contribution in [3.8, 4) is 0 Å². The van der Waals surface area contributed by atoms with Crippen molar-refractivity contribution < 1.29 is 9.53 Å². The molecule has 0 spiro atoms. The predicted molar refractivity (Wildman–Crippen MR) is 53.4 cm³/mol. The molecule has 0 radical (unpaired) electrons. The third-order valence-corrected chi connectivity index (χ3v) is 2.23. The van der Waals surface area contributed by atoms with Gasteiger partial charge in [-0.25, -0.2) is 0 Å². The van der Waals surface area contributed by atoms with Crippen LogP contribution in [0.25, 0.3) is 0 Å². The molecular weight excluding hydrogens is 220 g/mol. The predicted octanol–water partition coefficient (Wildman–Crippen LogP) is 2.67. The van der Waals surface area contributed by atoms with E-state index in [1.54, 1.807) is 0 Å². The first-order chi connectivity index (χ1) is 5.70. The summed E-state index contributed by atoms with van der Waals surface area (Å²) in [6.07, 6.45) is 3.27. The summed E-state index contributed by atoms with van der Waals surface area (Å²) in [5.74, 6) is -0.115. The van der Waals surface area contributed by atoms with Crippen molar-refractivity contribution in [3.05, 3.63) is 11.6 Å². The van der Waals surface area contributed by atoms with Crippen LogP contribution in [0.2, 0.25) is 0 Å². The number of carbonyl (C=O) groups is 1. The summed E-state index contributed by atoms with van der Waals surface area (Å²) < 4.78 is 4.92. The third kappa shape index (κ3) is 6.40. The molecule has 0 atom stereocenters. The van der Waals surface area contributed by atoms with E-state index in [1.165, 1.54) is 5.57 Å². The van der Waals surface area contributed by atoms with Gasteiger partial charge in [0.15, 0.2) is 0 Å². The highest BCUT2D eigenvalue weighted by molar-refractivity contribution is 9.09. The quantitative estimate of drug-likeness (QED) is 0.416. The van der Waals surface area contributed by atoms with E-state index in [1.807, 2.05) is 19.9 Å². The summed E-state index contributed by atoms with van der Waals surface area (Å²) >= 11 is 3.30. The van der Waals surface area contributed by atoms with Crippen LogP contribution in [0.15, 0.2) is 11.6 Å². The van der Waals surface area contributed by atoms with Crippen LogP contribution in [0.3, 0.4) is 0 Å². The zero-order valence-electron chi connectivity index (χ0n) is 7.60. The SMILES string of the molecule is CCCC(=O)OC/C=C(\C)CBr. The maximum Gasteiger partial charge on any atom is 0.306 e. The topological polar surface area (TPSA) is 26.3 Å². The standard InChI is InChI=1S/C9H15BrO2/c1-3-4-9(11)12-6-5-8(2)7-10/h5H,3-4,6-7H2,1-2H3/b8-5+. The van der Waals surface area contributed by atoms with Crippen molar-refractivity contribution in [2.24, 2.45) is 0 Å². The molecule has 0 aliphatic carbocycles. The van der Waals surface area contributed by atoms with Crippen LogP contribution in [0.5, 0.6) is 0 Å². The molecule has 2 nitrogen and oxygen atoms in total. The first-order valence-corrected chi connectivity index (χ1v) is 5.20. The van der Waals surface area contributed by atoms with E-state index in [0.717, 1.165) is 11.8 Å². The van der Waals surface area contributed by atoms with Crippen molar-refractivity contribution >= 4 is 21.9 Å². The molecule has 12 heavy (non-hydrogen) atoms. The average molecular weight is 235 g/mol. The fourth-order valence-electron chi connectivity index (χ4n) is 0.608. The first kappa shape index (κ1) is 11.7. The van der Waals surface area contributed by atoms with E-state index in [2.05, 4.69) is 15.9 Å². The van der Waals surface area contributed by atoms with Gasteiger partial charge in [-0.15, -0.1) is 0 Å². The summed E-state index contributed by atoms with van der Waals surface area (Å²) in [4.78, 5) is 10.8. The zero-order chi connectivity index (χ0) is 9.40. The molecule has 0 unspecified atom stereocenters. The van der Waals surface area contributed by atoms with Crippen LogP contribution in [0.4, 0.5) is 0 Å². The van der Waals surface area contributed by atoms with Crippen LogP contribution in [-0.4, -0.2) is 17.9 Å². The van der Waals surface area contributed by atoms with Gasteiger partial charge in [-0.1, -0.05) is 28.4 Å². The Hall–Kier alpha value is -0.310. The molecule has 70 valence electrons. The molecule has 0 aromatic rings. The van der Waals surface area contributed by atoms with E-state index in [9.17, 15) is 4.79 Å². The van der Waals surface area contributed by atoms with Crippen LogP contribution >= 0.6 is 15.9 Å². The summed E-state index contributed by atoms with van der Waals surface area (Å²) in [5.41, 5.74) is 1.18. The maximum atomic E-state index is 10.8. The second kappa shape index (κ2) is 7.35. The smallest absolute Gasteiger partial charge is 0.306 e. The Bertz CT molecular complexity index is 164. The molecule has 0 bridgehead atoms. The largest absolute Gasteiger partial charge is 0.461 e. The van der Waals surface area contributed by atoms with Gasteiger partial charge in [-0.05, 0) is 19.4 Å². The van der Waals surface area contributed by atoms with Gasteiger partial charge in [0.05, 0.1) is 0 Å². The van der Waals surface area contributed by atoms with Gasteiger partial charge >= 0.3 is 5.97 Å². The third-order valence-electron chi connectivity index (χ3n) is 1.34. The molecule has 0 saturated heterocycles. The summed E-state index contributed by atoms with van der Waals surface area (Å²) in [7, 11) is 0. The Kier molecular flexibility index (Phi) is 7.16. The van der Waals surface area contributed by atoms with Crippen LogP contribution in [0.1, 0.15) is 26.7 Å².